The van der Waals surface area contributed by atoms with Crippen LogP contribution < -0.4 is 5.32 Å². The van der Waals surface area contributed by atoms with Gasteiger partial charge in [0, 0.05) is 12.1 Å². The van der Waals surface area contributed by atoms with Gasteiger partial charge in [0.05, 0.1) is 7.11 Å². The van der Waals surface area contributed by atoms with Crippen molar-refractivity contribution in [3.63, 3.8) is 0 Å². The Labute approximate surface area is 131 Å². The first-order valence-electron chi connectivity index (χ1n) is 7.79. The number of phenols is 1. The van der Waals surface area contributed by atoms with E-state index in [-0.39, 0.29) is 17.2 Å². The van der Waals surface area contributed by atoms with E-state index in [1.165, 1.54) is 51.0 Å². The number of aromatic hydroxyl groups is 1. The second-order valence-corrected chi connectivity index (χ2v) is 5.25. The molecule has 0 atom stereocenters. The number of esters is 1. The Morgan fingerprint density at radius 1 is 1.14 bits per heavy atom. The Bertz CT molecular complexity index is 499. The van der Waals surface area contributed by atoms with Gasteiger partial charge >= 0.3 is 5.97 Å². The number of benzene rings is 1. The van der Waals surface area contributed by atoms with Crippen LogP contribution in [-0.2, 0) is 4.74 Å². The van der Waals surface area contributed by atoms with Gasteiger partial charge in [-0.2, -0.15) is 0 Å². The third-order valence-corrected chi connectivity index (χ3v) is 3.48. The number of hydrogen-bond acceptors (Lipinski definition) is 4. The topological polar surface area (TPSA) is 75.6 Å². The van der Waals surface area contributed by atoms with E-state index in [4.69, 9.17) is 0 Å². The number of carbonyl (C=O) groups is 2. The number of nitrogens with one attached hydrogen (secondary N) is 1. The highest BCUT2D eigenvalue weighted by atomic mass is 16.5. The molecule has 0 aliphatic carbocycles. The van der Waals surface area contributed by atoms with Gasteiger partial charge in [-0.05, 0) is 24.6 Å². The van der Waals surface area contributed by atoms with Crippen molar-refractivity contribution in [1.29, 1.82) is 0 Å². The van der Waals surface area contributed by atoms with Crippen molar-refractivity contribution < 1.29 is 19.4 Å². The van der Waals surface area contributed by atoms with Crippen molar-refractivity contribution in [3.05, 3.63) is 29.3 Å². The SMILES string of the molecule is CCCCCCCCNC(=O)c1ccc(O)c(C(=O)OC)c1. The fourth-order valence-corrected chi connectivity index (χ4v) is 2.16. The molecule has 0 fully saturated rings. The van der Waals surface area contributed by atoms with Crippen molar-refractivity contribution in [2.75, 3.05) is 13.7 Å². The maximum absolute atomic E-state index is 12.0. The summed E-state index contributed by atoms with van der Waals surface area (Å²) in [5, 5.41) is 12.4. The van der Waals surface area contributed by atoms with Gasteiger partial charge in [-0.15, -0.1) is 0 Å². The Morgan fingerprint density at radius 3 is 2.50 bits per heavy atom. The van der Waals surface area contributed by atoms with Crippen LogP contribution in [0.25, 0.3) is 0 Å². The highest BCUT2D eigenvalue weighted by Crippen LogP contribution is 2.19. The minimum atomic E-state index is -0.664. The van der Waals surface area contributed by atoms with Crippen molar-refractivity contribution >= 4 is 11.9 Å². The van der Waals surface area contributed by atoms with Gasteiger partial charge in [0.1, 0.15) is 11.3 Å². The quantitative estimate of drug-likeness (QED) is 0.542. The minimum absolute atomic E-state index is 0.00489. The monoisotopic (exact) mass is 307 g/mol. The maximum atomic E-state index is 12.0. The molecule has 1 amide bonds. The zero-order chi connectivity index (χ0) is 16.4. The zero-order valence-electron chi connectivity index (χ0n) is 13.4. The number of methoxy groups -OCH3 is 1. The molecule has 0 aliphatic heterocycles. The van der Waals surface area contributed by atoms with E-state index in [0.717, 1.165) is 12.8 Å². The summed E-state index contributed by atoms with van der Waals surface area (Å²) in [6.07, 6.45) is 6.96. The number of phenolic OH excluding ortho intramolecular Hbond substituents is 1. The lowest BCUT2D eigenvalue weighted by Gasteiger charge is -2.08. The summed E-state index contributed by atoms with van der Waals surface area (Å²) >= 11 is 0. The minimum Gasteiger partial charge on any atom is -0.507 e. The predicted molar refractivity (Wildman–Crippen MR) is 85.2 cm³/mol. The fraction of sp³-hybridized carbons (Fsp3) is 0.529. The molecule has 0 aromatic heterocycles. The molecule has 0 spiro atoms. The number of carbonyl (C=O) groups excluding carboxylic acids is 2. The second kappa shape index (κ2) is 9.82. The maximum Gasteiger partial charge on any atom is 0.341 e. The summed E-state index contributed by atoms with van der Waals surface area (Å²) in [6.45, 7) is 2.79. The fourth-order valence-electron chi connectivity index (χ4n) is 2.16. The third kappa shape index (κ3) is 5.76. The molecular weight excluding hydrogens is 282 g/mol. The standard InChI is InChI=1S/C17H25NO4/c1-3-4-5-6-7-8-11-18-16(20)13-9-10-15(19)14(12-13)17(21)22-2/h9-10,12,19H,3-8,11H2,1-2H3,(H,18,20). The summed E-state index contributed by atoms with van der Waals surface area (Å²) in [5.41, 5.74) is 0.332. The molecule has 2 N–H and O–H groups in total. The molecule has 5 heteroatoms. The highest BCUT2D eigenvalue weighted by Gasteiger charge is 2.15. The molecule has 22 heavy (non-hydrogen) atoms. The molecule has 0 radical (unpaired) electrons. The van der Waals surface area contributed by atoms with Gasteiger partial charge in [0.2, 0.25) is 0 Å². The normalized spacial score (nSPS) is 10.3. The van der Waals surface area contributed by atoms with Crippen molar-refractivity contribution in [2.45, 2.75) is 45.4 Å². The van der Waals surface area contributed by atoms with Gasteiger partial charge in [-0.3, -0.25) is 4.79 Å². The van der Waals surface area contributed by atoms with Gasteiger partial charge in [-0.25, -0.2) is 4.79 Å². The van der Waals surface area contributed by atoms with E-state index in [1.807, 2.05) is 0 Å². The molecule has 0 saturated heterocycles. The number of rotatable bonds is 9. The molecule has 0 aliphatic rings. The first-order chi connectivity index (χ1) is 10.6. The van der Waals surface area contributed by atoms with E-state index < -0.39 is 5.97 Å². The van der Waals surface area contributed by atoms with E-state index in [9.17, 15) is 14.7 Å². The van der Waals surface area contributed by atoms with Crippen molar-refractivity contribution in [1.82, 2.24) is 5.32 Å². The molecule has 0 bridgehead atoms. The van der Waals surface area contributed by atoms with Crippen LogP contribution in [0.2, 0.25) is 0 Å². The number of ether oxygens (including phenoxy) is 1. The molecule has 0 heterocycles. The lowest BCUT2D eigenvalue weighted by Crippen LogP contribution is -2.24. The molecule has 122 valence electrons. The highest BCUT2D eigenvalue weighted by molar-refractivity contribution is 5.99. The largest absolute Gasteiger partial charge is 0.507 e. The number of amides is 1. The van der Waals surface area contributed by atoms with E-state index in [0.29, 0.717) is 12.1 Å². The van der Waals surface area contributed by atoms with Crippen LogP contribution >= 0.6 is 0 Å². The molecule has 1 rings (SSSR count). The Balaban J connectivity index is 2.44. The average Bonchev–Trinajstić information content (AvgIpc) is 2.53. The predicted octanol–water partition coefficient (Wildman–Crippen LogP) is 3.27. The van der Waals surface area contributed by atoms with Crippen LogP contribution in [0.1, 0.15) is 66.2 Å². The molecule has 5 nitrogen and oxygen atoms in total. The van der Waals surface area contributed by atoms with Gasteiger partial charge in [-0.1, -0.05) is 39.0 Å². The van der Waals surface area contributed by atoms with E-state index >= 15 is 0 Å². The van der Waals surface area contributed by atoms with Crippen LogP contribution in [0.4, 0.5) is 0 Å². The molecule has 1 aromatic rings. The van der Waals surface area contributed by atoms with Crippen LogP contribution in [-0.4, -0.2) is 30.6 Å². The smallest absolute Gasteiger partial charge is 0.341 e. The van der Waals surface area contributed by atoms with Gasteiger partial charge in [0.15, 0.2) is 0 Å². The van der Waals surface area contributed by atoms with Gasteiger partial charge in [0.25, 0.3) is 5.91 Å². The Morgan fingerprint density at radius 2 is 1.82 bits per heavy atom. The van der Waals surface area contributed by atoms with Crippen LogP contribution in [0.5, 0.6) is 5.75 Å². The van der Waals surface area contributed by atoms with Crippen LogP contribution in [0.3, 0.4) is 0 Å². The first kappa shape index (κ1) is 18.0. The second-order valence-electron chi connectivity index (χ2n) is 5.25. The van der Waals surface area contributed by atoms with Crippen LogP contribution in [0.15, 0.2) is 18.2 Å². The van der Waals surface area contributed by atoms with E-state index in [2.05, 4.69) is 17.0 Å². The summed E-state index contributed by atoms with van der Waals surface area (Å²) < 4.78 is 4.57. The summed E-state index contributed by atoms with van der Waals surface area (Å²) in [7, 11) is 1.23. The van der Waals surface area contributed by atoms with Crippen LogP contribution in [0, 0.1) is 0 Å². The van der Waals surface area contributed by atoms with Crippen molar-refractivity contribution in [2.24, 2.45) is 0 Å². The lowest BCUT2D eigenvalue weighted by atomic mass is 10.1. The zero-order valence-corrected chi connectivity index (χ0v) is 13.4. The molecule has 0 unspecified atom stereocenters. The molecule has 0 saturated carbocycles. The lowest BCUT2D eigenvalue weighted by molar-refractivity contribution is 0.0597. The Hall–Kier alpha value is -2.04. The van der Waals surface area contributed by atoms with E-state index in [1.54, 1.807) is 0 Å². The third-order valence-electron chi connectivity index (χ3n) is 3.48. The summed E-state index contributed by atoms with van der Waals surface area (Å²) in [6, 6.07) is 4.15. The number of hydrogen-bond donors (Lipinski definition) is 2. The summed E-state index contributed by atoms with van der Waals surface area (Å²) in [5.74, 6) is -1.11. The molecular formula is C17H25NO4. The number of unbranched alkanes of at least 4 members (excludes halogenated alkanes) is 5. The first-order valence-corrected chi connectivity index (χ1v) is 7.79. The molecule has 1 aromatic carbocycles. The van der Waals surface area contributed by atoms with Gasteiger partial charge < -0.3 is 15.2 Å². The average molecular weight is 307 g/mol. The summed E-state index contributed by atoms with van der Waals surface area (Å²) in [4.78, 5) is 23.5. The van der Waals surface area contributed by atoms with Crippen molar-refractivity contribution in [3.8, 4) is 5.75 Å². The Kier molecular flexibility index (Phi) is 8.04.